The van der Waals surface area contributed by atoms with Crippen LogP contribution < -0.4 is 10.6 Å². The Balaban J connectivity index is 2.53. The van der Waals surface area contributed by atoms with Gasteiger partial charge in [0.15, 0.2) is 5.13 Å². The van der Waals surface area contributed by atoms with Crippen molar-refractivity contribution in [3.63, 3.8) is 0 Å². The Bertz CT molecular complexity index is 259. The third-order valence-electron chi connectivity index (χ3n) is 2.12. The highest BCUT2D eigenvalue weighted by Gasteiger charge is 2.08. The molecule has 0 bridgehead atoms. The molecule has 13 heavy (non-hydrogen) atoms. The summed E-state index contributed by atoms with van der Waals surface area (Å²) in [5, 5.41) is 1.80. The Labute approximate surface area is 83.6 Å². The first-order valence-electron chi connectivity index (χ1n) is 4.56. The van der Waals surface area contributed by atoms with Crippen LogP contribution in [0.25, 0.3) is 0 Å². The largest absolute Gasteiger partial charge is 0.389 e. The zero-order chi connectivity index (χ0) is 9.84. The summed E-state index contributed by atoms with van der Waals surface area (Å²) in [6.07, 6.45) is 2.91. The number of thiazole rings is 1. The van der Waals surface area contributed by atoms with Crippen molar-refractivity contribution in [2.45, 2.75) is 20.3 Å². The summed E-state index contributed by atoms with van der Waals surface area (Å²) >= 11 is 1.54. The van der Waals surface area contributed by atoms with E-state index in [0.717, 1.165) is 16.7 Å². The average Bonchev–Trinajstić information content (AvgIpc) is 2.51. The summed E-state index contributed by atoms with van der Waals surface area (Å²) in [7, 11) is 2.06. The number of hydrogen-bond donors (Lipinski definition) is 1. The van der Waals surface area contributed by atoms with Gasteiger partial charge in [-0.25, -0.2) is 4.98 Å². The lowest BCUT2D eigenvalue weighted by Crippen LogP contribution is -2.23. The molecule has 74 valence electrons. The number of nitrogen functional groups attached to an aromatic ring is 1. The summed E-state index contributed by atoms with van der Waals surface area (Å²) in [5.74, 6) is 0.704. The van der Waals surface area contributed by atoms with E-state index in [0.29, 0.717) is 5.92 Å². The molecule has 1 aromatic heterocycles. The van der Waals surface area contributed by atoms with Crippen LogP contribution in [0.1, 0.15) is 20.3 Å². The fraction of sp³-hybridized carbons (Fsp3) is 0.667. The fourth-order valence-electron chi connectivity index (χ4n) is 1.13. The van der Waals surface area contributed by atoms with E-state index in [1.165, 1.54) is 6.42 Å². The van der Waals surface area contributed by atoms with Crippen molar-refractivity contribution in [1.29, 1.82) is 0 Å². The molecule has 2 N–H and O–H groups in total. The van der Waals surface area contributed by atoms with Gasteiger partial charge in [-0.05, 0) is 5.92 Å². The van der Waals surface area contributed by atoms with Crippen molar-refractivity contribution >= 4 is 21.5 Å². The van der Waals surface area contributed by atoms with Crippen LogP contribution >= 0.6 is 11.3 Å². The van der Waals surface area contributed by atoms with E-state index in [9.17, 15) is 0 Å². The number of hydrogen-bond acceptors (Lipinski definition) is 4. The second kappa shape index (κ2) is 4.46. The second-order valence-electron chi connectivity index (χ2n) is 3.44. The molecule has 0 radical (unpaired) electrons. The third kappa shape index (κ3) is 2.88. The van der Waals surface area contributed by atoms with E-state index in [4.69, 9.17) is 5.73 Å². The van der Waals surface area contributed by atoms with Gasteiger partial charge in [-0.15, -0.1) is 0 Å². The minimum atomic E-state index is 0.704. The van der Waals surface area contributed by atoms with Crippen molar-refractivity contribution in [3.8, 4) is 0 Å². The van der Waals surface area contributed by atoms with Gasteiger partial charge < -0.3 is 10.6 Å². The molecule has 1 unspecified atom stereocenters. The lowest BCUT2D eigenvalue weighted by Gasteiger charge is -2.19. The molecule has 1 rings (SSSR count). The maximum absolute atomic E-state index is 5.61. The maximum atomic E-state index is 5.61. The van der Waals surface area contributed by atoms with Gasteiger partial charge in [-0.3, -0.25) is 0 Å². The summed E-state index contributed by atoms with van der Waals surface area (Å²) in [6.45, 7) is 5.49. The monoisotopic (exact) mass is 199 g/mol. The molecule has 4 heteroatoms. The zero-order valence-electron chi connectivity index (χ0n) is 8.45. The van der Waals surface area contributed by atoms with E-state index in [2.05, 4.69) is 30.8 Å². The van der Waals surface area contributed by atoms with Crippen LogP contribution in [0.3, 0.4) is 0 Å². The average molecular weight is 199 g/mol. The first-order chi connectivity index (χ1) is 6.13. The van der Waals surface area contributed by atoms with E-state index in [-0.39, 0.29) is 0 Å². The standard InChI is InChI=1S/C9H17N3S/c1-4-7(2)6-12(3)9-11-5-8(10)13-9/h5,7H,4,6,10H2,1-3H3. The van der Waals surface area contributed by atoms with Crippen LogP contribution in [0.2, 0.25) is 0 Å². The molecule has 0 spiro atoms. The topological polar surface area (TPSA) is 42.2 Å². The molecule has 3 nitrogen and oxygen atoms in total. The highest BCUT2D eigenvalue weighted by atomic mass is 32.1. The summed E-state index contributed by atoms with van der Waals surface area (Å²) in [4.78, 5) is 6.38. The molecule has 0 saturated heterocycles. The maximum Gasteiger partial charge on any atom is 0.186 e. The van der Waals surface area contributed by atoms with Gasteiger partial charge >= 0.3 is 0 Å². The fourth-order valence-corrected chi connectivity index (χ4v) is 1.78. The normalized spacial score (nSPS) is 12.8. The van der Waals surface area contributed by atoms with E-state index >= 15 is 0 Å². The van der Waals surface area contributed by atoms with E-state index in [1.807, 2.05) is 0 Å². The molecule has 0 fully saturated rings. The minimum Gasteiger partial charge on any atom is -0.389 e. The number of aromatic nitrogens is 1. The third-order valence-corrected chi connectivity index (χ3v) is 3.06. The lowest BCUT2D eigenvalue weighted by molar-refractivity contribution is 0.559. The molecule has 0 aliphatic heterocycles. The summed E-state index contributed by atoms with van der Waals surface area (Å²) in [5.41, 5.74) is 5.61. The first kappa shape index (κ1) is 10.3. The molecule has 0 aliphatic carbocycles. The highest BCUT2D eigenvalue weighted by molar-refractivity contribution is 7.19. The number of nitrogens with zero attached hydrogens (tertiary/aromatic N) is 2. The van der Waals surface area contributed by atoms with Gasteiger partial charge in [-0.2, -0.15) is 0 Å². The Hall–Kier alpha value is -0.770. The van der Waals surface area contributed by atoms with Gasteiger partial charge in [0.2, 0.25) is 0 Å². The SMILES string of the molecule is CCC(C)CN(C)c1ncc(N)s1. The molecule has 0 aromatic carbocycles. The second-order valence-corrected chi connectivity index (χ2v) is 4.48. The molecule has 0 amide bonds. The van der Waals surface area contributed by atoms with Crippen molar-refractivity contribution < 1.29 is 0 Å². The summed E-state index contributed by atoms with van der Waals surface area (Å²) in [6, 6.07) is 0. The van der Waals surface area contributed by atoms with Crippen LogP contribution in [0, 0.1) is 5.92 Å². The smallest absolute Gasteiger partial charge is 0.186 e. The lowest BCUT2D eigenvalue weighted by atomic mass is 10.1. The molecular formula is C9H17N3S. The van der Waals surface area contributed by atoms with Gasteiger partial charge in [-0.1, -0.05) is 31.6 Å². The van der Waals surface area contributed by atoms with E-state index in [1.54, 1.807) is 17.5 Å². The number of nitrogens with two attached hydrogens (primary N) is 1. The van der Waals surface area contributed by atoms with Crippen molar-refractivity contribution in [1.82, 2.24) is 4.98 Å². The molecule has 0 aliphatic rings. The van der Waals surface area contributed by atoms with Gasteiger partial charge in [0.25, 0.3) is 0 Å². The van der Waals surface area contributed by atoms with Gasteiger partial charge in [0.1, 0.15) is 5.00 Å². The predicted octanol–water partition coefficient (Wildman–Crippen LogP) is 2.21. The van der Waals surface area contributed by atoms with Crippen LogP contribution in [-0.2, 0) is 0 Å². The molecular weight excluding hydrogens is 182 g/mol. The molecule has 1 aromatic rings. The van der Waals surface area contributed by atoms with Crippen LogP contribution in [0.15, 0.2) is 6.20 Å². The Kier molecular flexibility index (Phi) is 3.54. The van der Waals surface area contributed by atoms with Gasteiger partial charge in [0, 0.05) is 13.6 Å². The Morgan fingerprint density at radius 3 is 2.85 bits per heavy atom. The Morgan fingerprint density at radius 1 is 1.69 bits per heavy atom. The molecule has 1 heterocycles. The highest BCUT2D eigenvalue weighted by Crippen LogP contribution is 2.23. The first-order valence-corrected chi connectivity index (χ1v) is 5.37. The van der Waals surface area contributed by atoms with Crippen molar-refractivity contribution in [3.05, 3.63) is 6.20 Å². The number of rotatable bonds is 4. The quantitative estimate of drug-likeness (QED) is 0.808. The van der Waals surface area contributed by atoms with Gasteiger partial charge in [0.05, 0.1) is 6.20 Å². The van der Waals surface area contributed by atoms with Crippen molar-refractivity contribution in [2.24, 2.45) is 5.92 Å². The number of anilines is 2. The van der Waals surface area contributed by atoms with Crippen LogP contribution in [0.5, 0.6) is 0 Å². The van der Waals surface area contributed by atoms with E-state index < -0.39 is 0 Å². The van der Waals surface area contributed by atoms with Crippen LogP contribution in [-0.4, -0.2) is 18.6 Å². The Morgan fingerprint density at radius 2 is 2.38 bits per heavy atom. The van der Waals surface area contributed by atoms with Crippen LogP contribution in [0.4, 0.5) is 10.1 Å². The molecule has 1 atom stereocenters. The molecule has 0 saturated carbocycles. The zero-order valence-corrected chi connectivity index (χ0v) is 9.27. The predicted molar refractivity (Wildman–Crippen MR) is 59.3 cm³/mol. The minimum absolute atomic E-state index is 0.704. The van der Waals surface area contributed by atoms with Crippen molar-refractivity contribution in [2.75, 3.05) is 24.2 Å². The summed E-state index contributed by atoms with van der Waals surface area (Å²) < 4.78 is 0.